The summed E-state index contributed by atoms with van der Waals surface area (Å²) in [6.45, 7) is 17.9. The van der Waals surface area contributed by atoms with Crippen molar-refractivity contribution < 1.29 is 9.16 Å². The summed E-state index contributed by atoms with van der Waals surface area (Å²) < 4.78 is 15.0. The summed E-state index contributed by atoms with van der Waals surface area (Å²) in [4.78, 5) is 4.74. The number of nitrogens with two attached hydrogens (primary N) is 1. The minimum Gasteiger partial charge on any atom is -0.484 e. The molecule has 2 heterocycles. The number of hydrogen-bond acceptors (Lipinski definition) is 7. The van der Waals surface area contributed by atoms with Crippen LogP contribution in [0.3, 0.4) is 0 Å². The highest BCUT2D eigenvalue weighted by Gasteiger charge is 2.45. The van der Waals surface area contributed by atoms with E-state index in [1.165, 1.54) is 0 Å². The SMILES string of the molecule is CC(C)[Si](OCC1CN(CC(=N)n2cc(OC3CCC(N)c4ccccc43)ccc2=N)CCN1C)(C(C)C)C(C)C. The Hall–Kier alpha value is -2.30. The van der Waals surface area contributed by atoms with Crippen molar-refractivity contribution in [2.75, 3.05) is 39.8 Å². The number of hydrogen-bond donors (Lipinski definition) is 3. The Morgan fingerprint density at radius 3 is 2.29 bits per heavy atom. The van der Waals surface area contributed by atoms with Gasteiger partial charge in [0, 0.05) is 31.7 Å². The first-order valence-electron chi connectivity index (χ1n) is 15.4. The molecule has 1 aromatic carbocycles. The third-order valence-corrected chi connectivity index (χ3v) is 15.5. The highest BCUT2D eigenvalue weighted by molar-refractivity contribution is 6.77. The first kappa shape index (κ1) is 31.6. The Kier molecular flexibility index (Phi) is 10.3. The predicted octanol–water partition coefficient (Wildman–Crippen LogP) is 5.51. The largest absolute Gasteiger partial charge is 0.484 e. The minimum absolute atomic E-state index is 0.0393. The number of benzene rings is 1. The summed E-state index contributed by atoms with van der Waals surface area (Å²) in [5.74, 6) is 1.05. The van der Waals surface area contributed by atoms with Crippen LogP contribution in [0.1, 0.15) is 77.7 Å². The van der Waals surface area contributed by atoms with Gasteiger partial charge in [-0.3, -0.25) is 25.2 Å². The average Bonchev–Trinajstić information content (AvgIpc) is 2.92. The van der Waals surface area contributed by atoms with E-state index in [1.807, 2.05) is 18.2 Å². The second kappa shape index (κ2) is 13.3. The number of likely N-dealkylation sites (N-methyl/N-ethyl adjacent to an activating group) is 1. The molecule has 0 saturated carbocycles. The molecular formula is C32H52N6O2Si. The topological polar surface area (TPSA) is 104 Å². The Bertz CT molecular complexity index is 1220. The van der Waals surface area contributed by atoms with Gasteiger partial charge in [-0.15, -0.1) is 0 Å². The second-order valence-electron chi connectivity index (χ2n) is 13.0. The molecular weight excluding hydrogens is 528 g/mol. The second-order valence-corrected chi connectivity index (χ2v) is 18.4. The maximum absolute atomic E-state index is 8.94. The number of ether oxygens (including phenoxy) is 1. The molecule has 1 fully saturated rings. The molecule has 4 N–H and O–H groups in total. The maximum atomic E-state index is 8.94. The molecule has 0 amide bonds. The number of fused-ring (bicyclic) bond motifs is 1. The van der Waals surface area contributed by atoms with Crippen LogP contribution >= 0.6 is 0 Å². The first-order chi connectivity index (χ1) is 19.4. The van der Waals surface area contributed by atoms with E-state index in [0.717, 1.165) is 50.2 Å². The van der Waals surface area contributed by atoms with E-state index in [0.29, 0.717) is 34.8 Å². The van der Waals surface area contributed by atoms with E-state index < -0.39 is 8.32 Å². The third-order valence-electron chi connectivity index (χ3n) is 9.44. The molecule has 3 unspecified atom stereocenters. The molecule has 2 aliphatic rings. The first-order valence-corrected chi connectivity index (χ1v) is 17.5. The van der Waals surface area contributed by atoms with E-state index >= 15 is 0 Å². The molecule has 41 heavy (non-hydrogen) atoms. The molecule has 4 rings (SSSR count). The van der Waals surface area contributed by atoms with Crippen LogP contribution in [-0.2, 0) is 4.43 Å². The van der Waals surface area contributed by atoms with Gasteiger partial charge in [-0.25, -0.2) is 0 Å². The van der Waals surface area contributed by atoms with E-state index in [-0.39, 0.29) is 23.7 Å². The lowest BCUT2D eigenvalue weighted by Gasteiger charge is -2.45. The van der Waals surface area contributed by atoms with Gasteiger partial charge in [0.25, 0.3) is 0 Å². The average molecular weight is 581 g/mol. The molecule has 0 spiro atoms. The lowest BCUT2D eigenvalue weighted by molar-refractivity contribution is 0.0667. The fraction of sp³-hybridized carbons (Fsp3) is 0.625. The van der Waals surface area contributed by atoms with E-state index in [1.54, 1.807) is 16.8 Å². The van der Waals surface area contributed by atoms with Gasteiger partial charge < -0.3 is 14.9 Å². The van der Waals surface area contributed by atoms with Crippen LogP contribution in [0.15, 0.2) is 42.6 Å². The Morgan fingerprint density at radius 2 is 1.63 bits per heavy atom. The molecule has 9 heteroatoms. The third kappa shape index (κ3) is 6.86. The summed E-state index contributed by atoms with van der Waals surface area (Å²) in [7, 11) is 0.245. The lowest BCUT2D eigenvalue weighted by Crippen LogP contribution is -2.57. The number of rotatable bonds is 10. The van der Waals surface area contributed by atoms with Crippen LogP contribution in [0.2, 0.25) is 16.6 Å². The molecule has 1 aliphatic carbocycles. The number of nitrogens with zero attached hydrogens (tertiary/aromatic N) is 3. The molecule has 1 aromatic heterocycles. The van der Waals surface area contributed by atoms with Crippen molar-refractivity contribution in [1.29, 1.82) is 10.8 Å². The summed E-state index contributed by atoms with van der Waals surface area (Å²) in [6, 6.07) is 12.1. The van der Waals surface area contributed by atoms with Gasteiger partial charge in [0.15, 0.2) is 8.32 Å². The molecule has 0 bridgehead atoms. The van der Waals surface area contributed by atoms with Crippen molar-refractivity contribution in [3.8, 4) is 5.75 Å². The zero-order chi connectivity index (χ0) is 29.9. The molecule has 8 nitrogen and oxygen atoms in total. The van der Waals surface area contributed by atoms with Crippen LogP contribution in [0.25, 0.3) is 0 Å². The minimum atomic E-state index is -1.94. The Labute approximate surface area is 248 Å². The van der Waals surface area contributed by atoms with Crippen molar-refractivity contribution in [2.24, 2.45) is 5.73 Å². The van der Waals surface area contributed by atoms with Gasteiger partial charge in [0.1, 0.15) is 23.2 Å². The normalized spacial score (nSPS) is 22.4. The summed E-state index contributed by atoms with van der Waals surface area (Å²) in [6.07, 6.45) is 3.43. The molecule has 3 atom stereocenters. The van der Waals surface area contributed by atoms with Crippen molar-refractivity contribution in [1.82, 2.24) is 14.4 Å². The fourth-order valence-corrected chi connectivity index (χ4v) is 12.7. The van der Waals surface area contributed by atoms with Crippen molar-refractivity contribution >= 4 is 14.2 Å². The molecule has 1 aliphatic heterocycles. The maximum Gasteiger partial charge on any atom is 0.200 e. The van der Waals surface area contributed by atoms with Gasteiger partial charge in [0.2, 0.25) is 0 Å². The van der Waals surface area contributed by atoms with Crippen molar-refractivity contribution in [3.05, 3.63) is 59.2 Å². The Morgan fingerprint density at radius 1 is 0.976 bits per heavy atom. The fourth-order valence-electron chi connectivity index (χ4n) is 7.21. The highest BCUT2D eigenvalue weighted by atomic mass is 28.4. The van der Waals surface area contributed by atoms with Crippen LogP contribution in [0, 0.1) is 10.8 Å². The van der Waals surface area contributed by atoms with Crippen molar-refractivity contribution in [3.63, 3.8) is 0 Å². The van der Waals surface area contributed by atoms with Crippen molar-refractivity contribution in [2.45, 2.75) is 89.2 Å². The number of aromatic nitrogens is 1. The number of nitrogens with one attached hydrogen (secondary N) is 2. The van der Waals surface area contributed by atoms with Crippen LogP contribution < -0.4 is 16.0 Å². The van der Waals surface area contributed by atoms with E-state index in [9.17, 15) is 0 Å². The number of piperazine rings is 1. The molecule has 1 saturated heterocycles. The molecule has 0 radical (unpaired) electrons. The smallest absolute Gasteiger partial charge is 0.200 e. The highest BCUT2D eigenvalue weighted by Crippen LogP contribution is 2.42. The monoisotopic (exact) mass is 580 g/mol. The van der Waals surface area contributed by atoms with Gasteiger partial charge in [-0.1, -0.05) is 65.8 Å². The predicted molar refractivity (Wildman–Crippen MR) is 169 cm³/mol. The summed E-state index contributed by atoms with van der Waals surface area (Å²) in [5, 5.41) is 17.5. The van der Waals surface area contributed by atoms with E-state index in [4.69, 9.17) is 25.7 Å². The zero-order valence-corrected chi connectivity index (χ0v) is 27.2. The Balaban J connectivity index is 1.43. The van der Waals surface area contributed by atoms with Gasteiger partial charge in [0.05, 0.1) is 19.3 Å². The van der Waals surface area contributed by atoms with Crippen LogP contribution in [-0.4, -0.2) is 74.4 Å². The van der Waals surface area contributed by atoms with E-state index in [2.05, 4.69) is 70.5 Å². The van der Waals surface area contributed by atoms with Crippen LogP contribution in [0.4, 0.5) is 0 Å². The summed E-state index contributed by atoms with van der Waals surface area (Å²) in [5.41, 5.74) is 10.6. The number of pyridine rings is 1. The zero-order valence-electron chi connectivity index (χ0n) is 26.2. The van der Waals surface area contributed by atoms with Gasteiger partial charge >= 0.3 is 0 Å². The standard InChI is InChI=1S/C32H52N6O2Si/c1-22(2)41(23(3)4,24(5)6)39-21-25-18-37(17-16-36(25)7)20-32(35)38-19-26(12-15-31(38)34)40-30-14-13-29(33)27-10-8-9-11-28(27)30/h8-12,15,19,22-25,29-30,34-35H,13-14,16-18,20-21,33H2,1-7H3. The molecule has 226 valence electrons. The quantitative estimate of drug-likeness (QED) is 0.195. The van der Waals surface area contributed by atoms with Gasteiger partial charge in [-0.05, 0) is 59.8 Å². The molecule has 2 aromatic rings. The van der Waals surface area contributed by atoms with Gasteiger partial charge in [-0.2, -0.15) is 0 Å². The summed E-state index contributed by atoms with van der Waals surface area (Å²) >= 11 is 0. The lowest BCUT2D eigenvalue weighted by atomic mass is 9.86. The van der Waals surface area contributed by atoms with Crippen LogP contribution in [0.5, 0.6) is 5.75 Å².